The van der Waals surface area contributed by atoms with Crippen molar-refractivity contribution in [1.29, 1.82) is 0 Å². The Bertz CT molecular complexity index is 1250. The van der Waals surface area contributed by atoms with Crippen LogP contribution >= 0.6 is 0 Å². The van der Waals surface area contributed by atoms with Gasteiger partial charge in [-0.1, -0.05) is 36.4 Å². The van der Waals surface area contributed by atoms with Gasteiger partial charge < -0.3 is 10.4 Å². The summed E-state index contributed by atoms with van der Waals surface area (Å²) in [6, 6.07) is 23.2. The predicted octanol–water partition coefficient (Wildman–Crippen LogP) is 4.18. The van der Waals surface area contributed by atoms with Crippen molar-refractivity contribution < 1.29 is 14.7 Å². The first kappa shape index (κ1) is 22.8. The van der Waals surface area contributed by atoms with Crippen molar-refractivity contribution in [3.05, 3.63) is 114 Å². The molecule has 1 atom stereocenters. The van der Waals surface area contributed by atoms with Gasteiger partial charge in [0, 0.05) is 30.8 Å². The third kappa shape index (κ3) is 6.11. The van der Waals surface area contributed by atoms with Crippen LogP contribution in [0.4, 0.5) is 5.69 Å². The number of carbonyl (C=O) groups is 2. The molecular weight excluding hydrogens is 428 g/mol. The van der Waals surface area contributed by atoms with Gasteiger partial charge in [-0.25, -0.2) is 4.79 Å². The number of carboxylic acids is 1. The lowest BCUT2D eigenvalue weighted by Crippen LogP contribution is -2.42. The molecule has 0 saturated carbocycles. The summed E-state index contributed by atoms with van der Waals surface area (Å²) in [5.74, 6) is -1.33. The average Bonchev–Trinajstić information content (AvgIpc) is 2.88. The van der Waals surface area contributed by atoms with Crippen LogP contribution in [0.5, 0.6) is 0 Å². The molecule has 34 heavy (non-hydrogen) atoms. The molecule has 0 saturated heterocycles. The first-order valence-corrected chi connectivity index (χ1v) is 10.9. The molecule has 0 aliphatic rings. The van der Waals surface area contributed by atoms with Gasteiger partial charge in [0.25, 0.3) is 0 Å². The maximum absolute atomic E-state index is 13.3. The fourth-order valence-electron chi connectivity index (χ4n) is 3.60. The van der Waals surface area contributed by atoms with E-state index in [9.17, 15) is 14.7 Å². The predicted molar refractivity (Wildman–Crippen MR) is 130 cm³/mol. The molecule has 2 aromatic carbocycles. The van der Waals surface area contributed by atoms with E-state index in [4.69, 9.17) is 0 Å². The first-order chi connectivity index (χ1) is 16.6. The maximum Gasteiger partial charge on any atom is 0.335 e. The number of anilines is 1. The molecular formula is C27H24N4O3. The summed E-state index contributed by atoms with van der Waals surface area (Å²) in [7, 11) is 0. The molecule has 0 bridgehead atoms. The van der Waals surface area contributed by atoms with Gasteiger partial charge in [-0.05, 0) is 65.6 Å². The molecule has 1 amide bonds. The van der Waals surface area contributed by atoms with Crippen LogP contribution in [0, 0.1) is 0 Å². The number of pyridine rings is 2. The Balaban J connectivity index is 1.58. The van der Waals surface area contributed by atoms with Crippen molar-refractivity contribution >= 4 is 17.6 Å². The Morgan fingerprint density at radius 2 is 1.62 bits per heavy atom. The number of hydrogen-bond donors (Lipinski definition) is 3. The van der Waals surface area contributed by atoms with Gasteiger partial charge in [0.1, 0.15) is 0 Å². The highest BCUT2D eigenvalue weighted by atomic mass is 16.4. The maximum atomic E-state index is 13.3. The summed E-state index contributed by atoms with van der Waals surface area (Å²) in [4.78, 5) is 33.3. The standard InChI is InChI=1S/C27H24N4O3/c32-26(25(14-19-6-2-1-3-7-19)30-18-23-8-4-5-11-29-23)31-24-16-21(15-22(17-24)27(33)34)20-9-12-28-13-10-20/h1-13,15-17,25,30H,14,18H2,(H,31,32)(H,33,34). The molecule has 7 nitrogen and oxygen atoms in total. The van der Waals surface area contributed by atoms with E-state index in [2.05, 4.69) is 20.6 Å². The van der Waals surface area contributed by atoms with Gasteiger partial charge in [0.05, 0.1) is 17.3 Å². The molecule has 0 fully saturated rings. The molecule has 0 radical (unpaired) electrons. The number of rotatable bonds is 9. The molecule has 4 rings (SSSR count). The zero-order valence-electron chi connectivity index (χ0n) is 18.4. The normalized spacial score (nSPS) is 11.5. The summed E-state index contributed by atoms with van der Waals surface area (Å²) in [5.41, 5.74) is 3.82. The van der Waals surface area contributed by atoms with E-state index in [0.29, 0.717) is 24.2 Å². The molecule has 0 aliphatic carbocycles. The van der Waals surface area contributed by atoms with Crippen molar-refractivity contribution in [2.75, 3.05) is 5.32 Å². The molecule has 3 N–H and O–H groups in total. The van der Waals surface area contributed by atoms with Crippen LogP contribution in [-0.2, 0) is 17.8 Å². The number of carbonyl (C=O) groups excluding carboxylic acids is 1. The van der Waals surface area contributed by atoms with Gasteiger partial charge in [-0.2, -0.15) is 0 Å². The largest absolute Gasteiger partial charge is 0.478 e. The quantitative estimate of drug-likeness (QED) is 0.352. The number of nitrogens with one attached hydrogen (secondary N) is 2. The lowest BCUT2D eigenvalue weighted by molar-refractivity contribution is -0.118. The number of amides is 1. The Hall–Kier alpha value is -4.36. The summed E-state index contributed by atoms with van der Waals surface area (Å²) in [6.45, 7) is 0.420. The molecule has 7 heteroatoms. The van der Waals surface area contributed by atoms with Crippen LogP contribution in [0.3, 0.4) is 0 Å². The Labute approximate surface area is 197 Å². The van der Waals surface area contributed by atoms with E-state index in [0.717, 1.165) is 16.8 Å². The molecule has 4 aromatic rings. The molecule has 2 aromatic heterocycles. The van der Waals surface area contributed by atoms with Crippen molar-refractivity contribution in [2.24, 2.45) is 0 Å². The second-order valence-electron chi connectivity index (χ2n) is 7.77. The van der Waals surface area contributed by atoms with Gasteiger partial charge in [-0.15, -0.1) is 0 Å². The zero-order valence-corrected chi connectivity index (χ0v) is 18.4. The fraction of sp³-hybridized carbons (Fsp3) is 0.111. The Kier molecular flexibility index (Phi) is 7.37. The highest BCUT2D eigenvalue weighted by Crippen LogP contribution is 2.25. The van der Waals surface area contributed by atoms with Gasteiger partial charge in [0.15, 0.2) is 0 Å². The summed E-state index contributed by atoms with van der Waals surface area (Å²) in [6.07, 6.45) is 5.45. The molecule has 0 spiro atoms. The fourth-order valence-corrected chi connectivity index (χ4v) is 3.60. The van der Waals surface area contributed by atoms with E-state index in [1.807, 2.05) is 48.5 Å². The highest BCUT2D eigenvalue weighted by Gasteiger charge is 2.20. The molecule has 170 valence electrons. The monoisotopic (exact) mass is 452 g/mol. The first-order valence-electron chi connectivity index (χ1n) is 10.9. The van der Waals surface area contributed by atoms with Gasteiger partial charge >= 0.3 is 5.97 Å². The second kappa shape index (κ2) is 11.0. The number of carboxylic acid groups (broad SMARTS) is 1. The Morgan fingerprint density at radius 3 is 2.32 bits per heavy atom. The van der Waals surface area contributed by atoms with Crippen LogP contribution in [0.1, 0.15) is 21.6 Å². The van der Waals surface area contributed by atoms with Crippen LogP contribution in [-0.4, -0.2) is 33.0 Å². The van der Waals surface area contributed by atoms with Crippen LogP contribution in [0.15, 0.2) is 97.5 Å². The van der Waals surface area contributed by atoms with Crippen molar-refractivity contribution in [1.82, 2.24) is 15.3 Å². The van der Waals surface area contributed by atoms with Gasteiger partial charge in [0.2, 0.25) is 5.91 Å². The summed E-state index contributed by atoms with van der Waals surface area (Å²) in [5, 5.41) is 15.8. The molecule has 0 aliphatic heterocycles. The molecule has 1 unspecified atom stereocenters. The van der Waals surface area contributed by atoms with Crippen molar-refractivity contribution in [3.63, 3.8) is 0 Å². The zero-order chi connectivity index (χ0) is 23.8. The number of hydrogen-bond acceptors (Lipinski definition) is 5. The van der Waals surface area contributed by atoms with E-state index >= 15 is 0 Å². The third-order valence-corrected chi connectivity index (χ3v) is 5.32. The minimum absolute atomic E-state index is 0.0886. The van der Waals surface area contributed by atoms with Crippen LogP contribution < -0.4 is 10.6 Å². The number of nitrogens with zero attached hydrogens (tertiary/aromatic N) is 2. The number of aromatic nitrogens is 2. The average molecular weight is 453 g/mol. The van der Waals surface area contributed by atoms with Crippen LogP contribution in [0.2, 0.25) is 0 Å². The smallest absolute Gasteiger partial charge is 0.335 e. The summed E-state index contributed by atoms with van der Waals surface area (Å²) >= 11 is 0. The molecule has 2 heterocycles. The SMILES string of the molecule is O=C(O)c1cc(NC(=O)C(Cc2ccccc2)NCc2ccccn2)cc(-c2ccncc2)c1. The van der Waals surface area contributed by atoms with Crippen LogP contribution in [0.25, 0.3) is 11.1 Å². The van der Waals surface area contributed by atoms with Crippen molar-refractivity contribution in [3.8, 4) is 11.1 Å². The minimum atomic E-state index is -1.07. The topological polar surface area (TPSA) is 104 Å². The lowest BCUT2D eigenvalue weighted by Gasteiger charge is -2.19. The van der Waals surface area contributed by atoms with E-state index in [1.165, 1.54) is 6.07 Å². The number of benzene rings is 2. The highest BCUT2D eigenvalue weighted by molar-refractivity contribution is 5.98. The van der Waals surface area contributed by atoms with E-state index < -0.39 is 12.0 Å². The van der Waals surface area contributed by atoms with Gasteiger partial charge in [-0.3, -0.25) is 20.1 Å². The van der Waals surface area contributed by atoms with Crippen molar-refractivity contribution in [2.45, 2.75) is 19.0 Å². The lowest BCUT2D eigenvalue weighted by atomic mass is 10.0. The van der Waals surface area contributed by atoms with E-state index in [-0.39, 0.29) is 11.5 Å². The van der Waals surface area contributed by atoms with E-state index in [1.54, 1.807) is 42.9 Å². The minimum Gasteiger partial charge on any atom is -0.478 e. The summed E-state index contributed by atoms with van der Waals surface area (Å²) < 4.78 is 0. The Morgan fingerprint density at radius 1 is 0.853 bits per heavy atom. The second-order valence-corrected chi connectivity index (χ2v) is 7.77. The third-order valence-electron chi connectivity index (χ3n) is 5.32. The number of aromatic carboxylic acids is 1.